The Morgan fingerprint density at radius 2 is 1.53 bits per heavy atom. The number of amides is 1. The minimum absolute atomic E-state index is 0.0905. The Hall–Kier alpha value is -5.25. The number of ether oxygens (including phenoxy) is 3. The van der Waals surface area contributed by atoms with Crippen LogP contribution in [0.5, 0.6) is 5.75 Å². The second-order valence-electron chi connectivity index (χ2n) is 11.8. The van der Waals surface area contributed by atoms with Gasteiger partial charge in [0.25, 0.3) is 0 Å². The zero-order valence-corrected chi connectivity index (χ0v) is 25.5. The number of esters is 2. The molecule has 0 bridgehead atoms. The second-order valence-corrected chi connectivity index (χ2v) is 11.8. The van der Waals surface area contributed by atoms with E-state index in [4.69, 9.17) is 14.2 Å². The molecule has 6 atom stereocenters. The topological polar surface area (TPSA) is 114 Å². The first-order valence-corrected chi connectivity index (χ1v) is 15.6. The first-order chi connectivity index (χ1) is 23.0. The summed E-state index contributed by atoms with van der Waals surface area (Å²) in [6, 6.07) is 31.1. The number of aliphatic hydroxyl groups excluding tert-OH is 1. The number of aliphatic hydroxyl groups is 1. The lowest BCUT2D eigenvalue weighted by Gasteiger charge is -2.46. The van der Waals surface area contributed by atoms with E-state index < -0.39 is 53.4 Å². The Morgan fingerprint density at radius 3 is 2.21 bits per heavy atom. The molecule has 1 amide bonds. The number of nitrogens with one attached hydrogen (secondary N) is 1. The molecule has 9 nitrogen and oxygen atoms in total. The number of para-hydroxylation sites is 1. The zero-order chi connectivity index (χ0) is 32.5. The Kier molecular flexibility index (Phi) is 8.09. The molecule has 0 aliphatic carbocycles. The largest absolute Gasteiger partial charge is 0.491 e. The van der Waals surface area contributed by atoms with Crippen molar-refractivity contribution in [3.05, 3.63) is 144 Å². The van der Waals surface area contributed by atoms with Crippen LogP contribution < -0.4 is 10.1 Å². The number of carbonyl (C=O) groups excluding carboxylic acids is 3. The summed E-state index contributed by atoms with van der Waals surface area (Å²) in [5.74, 6) is -2.45. The van der Waals surface area contributed by atoms with E-state index in [1.54, 1.807) is 18.2 Å². The van der Waals surface area contributed by atoms with Gasteiger partial charge in [-0.3, -0.25) is 19.3 Å². The molecule has 2 N–H and O–H groups in total. The van der Waals surface area contributed by atoms with E-state index in [1.807, 2.05) is 95.9 Å². The first-order valence-electron chi connectivity index (χ1n) is 15.6. The van der Waals surface area contributed by atoms with E-state index in [9.17, 15) is 19.5 Å². The van der Waals surface area contributed by atoms with Crippen molar-refractivity contribution in [1.82, 2.24) is 4.90 Å². The summed E-state index contributed by atoms with van der Waals surface area (Å²) < 4.78 is 17.7. The van der Waals surface area contributed by atoms with E-state index in [0.717, 1.165) is 11.1 Å². The van der Waals surface area contributed by atoms with Gasteiger partial charge >= 0.3 is 11.9 Å². The van der Waals surface area contributed by atoms with Crippen molar-refractivity contribution in [3.63, 3.8) is 0 Å². The van der Waals surface area contributed by atoms with Crippen molar-refractivity contribution < 1.29 is 33.7 Å². The second kappa shape index (κ2) is 12.5. The number of rotatable bonds is 9. The smallest absolute Gasteiger partial charge is 0.325 e. The Bertz CT molecular complexity index is 1800. The number of morpholine rings is 1. The fourth-order valence-corrected chi connectivity index (χ4v) is 7.66. The molecule has 3 heterocycles. The summed E-state index contributed by atoms with van der Waals surface area (Å²) in [6.45, 7) is 3.58. The third-order valence-electron chi connectivity index (χ3n) is 9.37. The summed E-state index contributed by atoms with van der Waals surface area (Å²) in [7, 11) is 0. The molecule has 2 saturated heterocycles. The average Bonchev–Trinajstić information content (AvgIpc) is 3.59. The monoisotopic (exact) mass is 630 g/mol. The molecule has 47 heavy (non-hydrogen) atoms. The van der Waals surface area contributed by atoms with Crippen LogP contribution in [0.4, 0.5) is 5.69 Å². The fraction of sp³-hybridized carbons (Fsp3) is 0.237. The van der Waals surface area contributed by atoms with Gasteiger partial charge in [0.1, 0.15) is 42.4 Å². The van der Waals surface area contributed by atoms with Crippen LogP contribution in [-0.2, 0) is 29.3 Å². The number of nitrogens with zero attached hydrogens (tertiary/aromatic N) is 1. The van der Waals surface area contributed by atoms with Gasteiger partial charge in [0.15, 0.2) is 0 Å². The van der Waals surface area contributed by atoms with Crippen LogP contribution in [0.15, 0.2) is 122 Å². The molecular weight excluding hydrogens is 596 g/mol. The maximum atomic E-state index is 14.7. The highest BCUT2D eigenvalue weighted by molar-refractivity contribution is 6.11. The molecule has 0 unspecified atom stereocenters. The normalized spacial score (nSPS) is 26.2. The highest BCUT2D eigenvalue weighted by atomic mass is 16.6. The van der Waals surface area contributed by atoms with Gasteiger partial charge in [0.2, 0.25) is 5.91 Å². The number of fused-ring (bicyclic) bond motifs is 3. The van der Waals surface area contributed by atoms with Gasteiger partial charge in [-0.2, -0.15) is 0 Å². The van der Waals surface area contributed by atoms with Crippen molar-refractivity contribution in [2.24, 2.45) is 5.92 Å². The molecule has 9 heteroatoms. The molecular formula is C38H34N2O7. The highest BCUT2D eigenvalue weighted by Crippen LogP contribution is 2.64. The Morgan fingerprint density at radius 1 is 0.872 bits per heavy atom. The fourth-order valence-electron chi connectivity index (χ4n) is 7.66. The lowest BCUT2D eigenvalue weighted by Crippen LogP contribution is -2.52. The standard InChI is InChI=1S/C38H34N2O7/c1-2-22-46-35(42)30-32-36(43)47-33(25-13-7-4-8-14-25)31(24-11-5-3-6-12-24)40(32)34(26-17-19-27(20-18-26)45-23-21-41)38(30)28-15-9-10-16-29(28)39-37(38)44/h2-20,30-34,41H,1,21-23H2,(H,39,44)/t30-,31-,32-,33+,34+,38-/m0/s1. The van der Waals surface area contributed by atoms with Gasteiger partial charge in [-0.1, -0.05) is 104 Å². The minimum atomic E-state index is -1.58. The molecule has 3 aliphatic heterocycles. The summed E-state index contributed by atoms with van der Waals surface area (Å²) in [5.41, 5.74) is 1.92. The molecule has 0 saturated carbocycles. The van der Waals surface area contributed by atoms with Gasteiger partial charge in [-0.15, -0.1) is 0 Å². The predicted molar refractivity (Wildman–Crippen MR) is 173 cm³/mol. The average molecular weight is 631 g/mol. The van der Waals surface area contributed by atoms with Crippen molar-refractivity contribution >= 4 is 23.5 Å². The van der Waals surface area contributed by atoms with Gasteiger partial charge in [-0.05, 0) is 40.5 Å². The quantitative estimate of drug-likeness (QED) is 0.195. The number of anilines is 1. The lowest BCUT2D eigenvalue weighted by molar-refractivity contribution is -0.180. The highest BCUT2D eigenvalue weighted by Gasteiger charge is 2.74. The summed E-state index contributed by atoms with van der Waals surface area (Å²) in [5, 5.41) is 12.3. The molecule has 238 valence electrons. The van der Waals surface area contributed by atoms with E-state index in [2.05, 4.69) is 11.9 Å². The van der Waals surface area contributed by atoms with Crippen LogP contribution in [0.25, 0.3) is 0 Å². The molecule has 4 aromatic rings. The van der Waals surface area contributed by atoms with Crippen LogP contribution >= 0.6 is 0 Å². The van der Waals surface area contributed by atoms with Crippen LogP contribution in [-0.4, -0.2) is 53.7 Å². The summed E-state index contributed by atoms with van der Waals surface area (Å²) >= 11 is 0. The van der Waals surface area contributed by atoms with Crippen LogP contribution in [0.1, 0.15) is 40.4 Å². The van der Waals surface area contributed by atoms with Gasteiger partial charge in [-0.25, -0.2) is 0 Å². The number of hydrogen-bond donors (Lipinski definition) is 2. The third-order valence-corrected chi connectivity index (χ3v) is 9.37. The maximum Gasteiger partial charge on any atom is 0.325 e. The van der Waals surface area contributed by atoms with E-state index in [-0.39, 0.29) is 19.8 Å². The van der Waals surface area contributed by atoms with Crippen molar-refractivity contribution in [3.8, 4) is 5.75 Å². The molecule has 4 aromatic carbocycles. The molecule has 0 aromatic heterocycles. The van der Waals surface area contributed by atoms with Gasteiger partial charge in [0, 0.05) is 5.69 Å². The number of cyclic esters (lactones) is 1. The molecule has 1 spiro atoms. The van der Waals surface area contributed by atoms with E-state index in [1.165, 1.54) is 6.08 Å². The number of hydrogen-bond acceptors (Lipinski definition) is 8. The lowest BCUT2D eigenvalue weighted by atomic mass is 9.65. The third kappa shape index (κ3) is 4.90. The summed E-state index contributed by atoms with van der Waals surface area (Å²) in [6.07, 6.45) is 0.705. The number of carbonyl (C=O) groups is 3. The van der Waals surface area contributed by atoms with E-state index in [0.29, 0.717) is 22.6 Å². The van der Waals surface area contributed by atoms with Crippen molar-refractivity contribution in [2.75, 3.05) is 25.1 Å². The molecule has 2 fully saturated rings. The molecule has 3 aliphatic rings. The molecule has 7 rings (SSSR count). The maximum absolute atomic E-state index is 14.7. The minimum Gasteiger partial charge on any atom is -0.491 e. The van der Waals surface area contributed by atoms with Gasteiger partial charge < -0.3 is 24.6 Å². The van der Waals surface area contributed by atoms with Crippen molar-refractivity contribution in [1.29, 1.82) is 0 Å². The van der Waals surface area contributed by atoms with Crippen LogP contribution in [0.3, 0.4) is 0 Å². The Labute approximate surface area is 272 Å². The zero-order valence-electron chi connectivity index (χ0n) is 25.5. The first kappa shape index (κ1) is 30.4. The predicted octanol–water partition coefficient (Wildman–Crippen LogP) is 5.06. The number of benzene rings is 4. The Balaban J connectivity index is 1.52. The van der Waals surface area contributed by atoms with E-state index >= 15 is 0 Å². The summed E-state index contributed by atoms with van der Waals surface area (Å²) in [4.78, 5) is 45.5. The van der Waals surface area contributed by atoms with Crippen molar-refractivity contribution in [2.45, 2.75) is 29.6 Å². The van der Waals surface area contributed by atoms with Crippen LogP contribution in [0, 0.1) is 5.92 Å². The molecule has 0 radical (unpaired) electrons. The SMILES string of the molecule is C=CCOC(=O)[C@@H]1[C@H]2C(=O)O[C@H](c3ccccc3)[C@H](c3ccccc3)N2[C@H](c2ccc(OCCO)cc2)[C@@]12C(=O)Nc1ccccc12. The van der Waals surface area contributed by atoms with Gasteiger partial charge in [0.05, 0.1) is 18.7 Å². The van der Waals surface area contributed by atoms with Crippen LogP contribution in [0.2, 0.25) is 0 Å².